The molecule has 1 N–H and O–H groups in total. The first-order valence-electron chi connectivity index (χ1n) is 6.70. The van der Waals surface area contributed by atoms with Gasteiger partial charge in [0, 0.05) is 11.3 Å². The monoisotopic (exact) mass is 251 g/mol. The Kier molecular flexibility index (Phi) is 3.45. The van der Waals surface area contributed by atoms with Crippen LogP contribution < -0.4 is 5.32 Å². The van der Waals surface area contributed by atoms with Crippen molar-refractivity contribution in [2.45, 2.75) is 37.6 Å². The van der Waals surface area contributed by atoms with Gasteiger partial charge in [-0.3, -0.25) is 0 Å². The molecule has 4 heteroatoms. The Morgan fingerprint density at radius 1 is 1.35 bits per heavy atom. The van der Waals surface area contributed by atoms with Crippen LogP contribution >= 0.6 is 11.3 Å². The number of hydrogen-bond donors (Lipinski definition) is 1. The number of piperidine rings is 1. The largest absolute Gasteiger partial charge is 0.309 e. The van der Waals surface area contributed by atoms with Crippen LogP contribution in [0.5, 0.6) is 0 Å². The van der Waals surface area contributed by atoms with Crippen LogP contribution in [-0.4, -0.2) is 36.6 Å². The van der Waals surface area contributed by atoms with Crippen molar-refractivity contribution in [1.29, 1.82) is 0 Å². The first-order valence-corrected chi connectivity index (χ1v) is 7.58. The van der Waals surface area contributed by atoms with Gasteiger partial charge in [0.2, 0.25) is 0 Å². The number of rotatable bonds is 2. The Morgan fingerprint density at radius 3 is 2.88 bits per heavy atom. The maximum atomic E-state index is 4.88. The second kappa shape index (κ2) is 5.04. The molecule has 0 radical (unpaired) electrons. The summed E-state index contributed by atoms with van der Waals surface area (Å²) in [5.41, 5.74) is 1.29. The first kappa shape index (κ1) is 11.6. The summed E-state index contributed by atoms with van der Waals surface area (Å²) in [6.07, 6.45) is 5.12. The lowest BCUT2D eigenvalue weighted by atomic mass is 9.98. The average Bonchev–Trinajstić information content (AvgIpc) is 3.00. The Labute approximate surface area is 107 Å². The predicted octanol–water partition coefficient (Wildman–Crippen LogP) is 2.38. The highest BCUT2D eigenvalue weighted by atomic mass is 32.1. The molecule has 2 aliphatic heterocycles. The minimum Gasteiger partial charge on any atom is -0.309 e. The fraction of sp³-hybridized carbons (Fsp3) is 0.769. The summed E-state index contributed by atoms with van der Waals surface area (Å²) >= 11 is 1.87. The van der Waals surface area contributed by atoms with E-state index in [1.54, 1.807) is 0 Å². The van der Waals surface area contributed by atoms with E-state index in [4.69, 9.17) is 4.98 Å². The van der Waals surface area contributed by atoms with Gasteiger partial charge >= 0.3 is 0 Å². The van der Waals surface area contributed by atoms with Gasteiger partial charge in [0.15, 0.2) is 0 Å². The van der Waals surface area contributed by atoms with Crippen molar-refractivity contribution in [2.24, 2.45) is 0 Å². The normalized spacial score (nSPS) is 27.7. The molecule has 1 atom stereocenters. The molecule has 2 saturated heterocycles. The number of nitrogens with one attached hydrogen (secondary N) is 1. The molecule has 0 amide bonds. The van der Waals surface area contributed by atoms with Crippen LogP contribution in [0.2, 0.25) is 0 Å². The van der Waals surface area contributed by atoms with E-state index in [1.807, 2.05) is 11.3 Å². The topological polar surface area (TPSA) is 28.2 Å². The van der Waals surface area contributed by atoms with Gasteiger partial charge < -0.3 is 10.2 Å². The van der Waals surface area contributed by atoms with Crippen molar-refractivity contribution in [1.82, 2.24) is 15.2 Å². The van der Waals surface area contributed by atoms with E-state index in [9.17, 15) is 0 Å². The maximum Gasteiger partial charge on any atom is 0.0960 e. The van der Waals surface area contributed by atoms with Gasteiger partial charge in [-0.2, -0.15) is 0 Å². The Bertz CT molecular complexity index is 362. The summed E-state index contributed by atoms with van der Waals surface area (Å²) in [6.45, 7) is 3.61. The molecule has 94 valence electrons. The smallest absolute Gasteiger partial charge is 0.0960 e. The van der Waals surface area contributed by atoms with Crippen LogP contribution in [0.15, 0.2) is 5.38 Å². The van der Waals surface area contributed by atoms with Crippen LogP contribution in [0, 0.1) is 0 Å². The zero-order valence-corrected chi connectivity index (χ0v) is 11.3. The predicted molar refractivity (Wildman–Crippen MR) is 71.6 cm³/mol. The highest BCUT2D eigenvalue weighted by molar-refractivity contribution is 7.09. The van der Waals surface area contributed by atoms with Gasteiger partial charge in [0.1, 0.15) is 0 Å². The zero-order chi connectivity index (χ0) is 11.7. The molecule has 0 aromatic carbocycles. The standard InChI is InChI=1S/C13H21N3S/c1-16-7-4-10(5-8-16)13-15-12(9-17-13)11-3-2-6-14-11/h9-11,14H,2-8H2,1H3. The third-order valence-electron chi connectivity index (χ3n) is 4.02. The summed E-state index contributed by atoms with van der Waals surface area (Å²) in [7, 11) is 2.21. The third kappa shape index (κ3) is 2.54. The van der Waals surface area contributed by atoms with Crippen molar-refractivity contribution in [3.63, 3.8) is 0 Å². The van der Waals surface area contributed by atoms with Gasteiger partial charge in [-0.25, -0.2) is 4.98 Å². The second-order valence-electron chi connectivity index (χ2n) is 5.34. The highest BCUT2D eigenvalue weighted by Crippen LogP contribution is 2.32. The van der Waals surface area contributed by atoms with E-state index in [1.165, 1.54) is 49.5 Å². The molecule has 1 aromatic rings. The van der Waals surface area contributed by atoms with Crippen molar-refractivity contribution in [3.05, 3.63) is 16.1 Å². The van der Waals surface area contributed by atoms with Gasteiger partial charge in [-0.05, 0) is 52.4 Å². The molecule has 0 bridgehead atoms. The quantitative estimate of drug-likeness (QED) is 0.874. The summed E-state index contributed by atoms with van der Waals surface area (Å²) < 4.78 is 0. The van der Waals surface area contributed by atoms with E-state index in [-0.39, 0.29) is 0 Å². The number of likely N-dealkylation sites (tertiary alicyclic amines) is 1. The number of nitrogens with zero attached hydrogens (tertiary/aromatic N) is 2. The van der Waals surface area contributed by atoms with E-state index in [0.717, 1.165) is 6.54 Å². The highest BCUT2D eigenvalue weighted by Gasteiger charge is 2.24. The van der Waals surface area contributed by atoms with Gasteiger partial charge in [0.05, 0.1) is 16.7 Å². The summed E-state index contributed by atoms with van der Waals surface area (Å²) in [4.78, 5) is 7.30. The lowest BCUT2D eigenvalue weighted by Gasteiger charge is -2.27. The minimum atomic E-state index is 0.534. The molecule has 2 fully saturated rings. The van der Waals surface area contributed by atoms with Crippen LogP contribution in [0.4, 0.5) is 0 Å². The molecule has 2 aliphatic rings. The first-order chi connectivity index (χ1) is 8.33. The van der Waals surface area contributed by atoms with Gasteiger partial charge in [-0.1, -0.05) is 0 Å². The van der Waals surface area contributed by atoms with Crippen molar-refractivity contribution in [2.75, 3.05) is 26.7 Å². The van der Waals surface area contributed by atoms with Crippen LogP contribution in [-0.2, 0) is 0 Å². The van der Waals surface area contributed by atoms with Crippen LogP contribution in [0.3, 0.4) is 0 Å². The number of hydrogen-bond acceptors (Lipinski definition) is 4. The van der Waals surface area contributed by atoms with Gasteiger partial charge in [-0.15, -0.1) is 11.3 Å². The fourth-order valence-corrected chi connectivity index (χ4v) is 3.89. The lowest BCUT2D eigenvalue weighted by Crippen LogP contribution is -2.29. The van der Waals surface area contributed by atoms with Crippen molar-refractivity contribution >= 4 is 11.3 Å². The number of aromatic nitrogens is 1. The zero-order valence-electron chi connectivity index (χ0n) is 10.5. The molecule has 1 aromatic heterocycles. The summed E-state index contributed by atoms with van der Waals surface area (Å²) in [5.74, 6) is 0.714. The van der Waals surface area contributed by atoms with Crippen molar-refractivity contribution < 1.29 is 0 Å². The molecule has 3 heterocycles. The molecule has 0 aliphatic carbocycles. The van der Waals surface area contributed by atoms with Crippen LogP contribution in [0.25, 0.3) is 0 Å². The number of thiazole rings is 1. The molecular weight excluding hydrogens is 230 g/mol. The van der Waals surface area contributed by atoms with E-state index in [0.29, 0.717) is 12.0 Å². The van der Waals surface area contributed by atoms with E-state index in [2.05, 4.69) is 22.6 Å². The van der Waals surface area contributed by atoms with Crippen molar-refractivity contribution in [3.8, 4) is 0 Å². The van der Waals surface area contributed by atoms with E-state index < -0.39 is 0 Å². The van der Waals surface area contributed by atoms with Crippen LogP contribution in [0.1, 0.15) is 48.3 Å². The summed E-state index contributed by atoms with van der Waals surface area (Å²) in [5, 5.41) is 7.18. The molecule has 0 spiro atoms. The Morgan fingerprint density at radius 2 is 2.18 bits per heavy atom. The molecular formula is C13H21N3S. The maximum absolute atomic E-state index is 4.88. The third-order valence-corrected chi connectivity index (χ3v) is 5.05. The second-order valence-corrected chi connectivity index (χ2v) is 6.23. The molecule has 1 unspecified atom stereocenters. The molecule has 3 nitrogen and oxygen atoms in total. The van der Waals surface area contributed by atoms with E-state index >= 15 is 0 Å². The fourth-order valence-electron chi connectivity index (χ4n) is 2.84. The molecule has 3 rings (SSSR count). The Hall–Kier alpha value is -0.450. The average molecular weight is 251 g/mol. The molecule has 0 saturated carbocycles. The molecule has 17 heavy (non-hydrogen) atoms. The van der Waals surface area contributed by atoms with Gasteiger partial charge in [0.25, 0.3) is 0 Å². The summed E-state index contributed by atoms with van der Waals surface area (Å²) in [6, 6.07) is 0.534. The Balaban J connectivity index is 1.67. The SMILES string of the molecule is CN1CCC(c2nc(C3CCCN3)cs2)CC1. The lowest BCUT2D eigenvalue weighted by molar-refractivity contribution is 0.255. The minimum absolute atomic E-state index is 0.534.